The Morgan fingerprint density at radius 2 is 1.00 bits per heavy atom. The van der Waals surface area contributed by atoms with Crippen molar-refractivity contribution in [1.29, 1.82) is 0 Å². The summed E-state index contributed by atoms with van der Waals surface area (Å²) >= 11 is 0. The van der Waals surface area contributed by atoms with Crippen molar-refractivity contribution in [2.45, 2.75) is 13.8 Å². The molecule has 0 atom stereocenters. The summed E-state index contributed by atoms with van der Waals surface area (Å²) in [6.07, 6.45) is 1.95. The molecule has 0 fully saturated rings. The van der Waals surface area contributed by atoms with Crippen LogP contribution in [0, 0.1) is 13.8 Å². The summed E-state index contributed by atoms with van der Waals surface area (Å²) in [6, 6.07) is 47.4. The molecule has 3 nitrogen and oxygen atoms in total. The first-order valence-electron chi connectivity index (χ1n) is 15.0. The molecule has 3 heterocycles. The molecule has 0 bridgehead atoms. The number of fused-ring (bicyclic) bond motifs is 3. The number of nitrogens with zero attached hydrogens (tertiary/aromatic N) is 3. The van der Waals surface area contributed by atoms with Gasteiger partial charge < -0.3 is 0 Å². The first-order valence-corrected chi connectivity index (χ1v) is 15.0. The highest BCUT2D eigenvalue weighted by Gasteiger charge is 2.20. The van der Waals surface area contributed by atoms with Crippen molar-refractivity contribution < 1.29 is 0 Å². The van der Waals surface area contributed by atoms with Crippen LogP contribution in [0.2, 0.25) is 0 Å². The van der Waals surface area contributed by atoms with Crippen molar-refractivity contribution in [3.05, 3.63) is 151 Å². The van der Waals surface area contributed by atoms with Crippen LogP contribution in [0.25, 0.3) is 77.2 Å². The summed E-state index contributed by atoms with van der Waals surface area (Å²) < 4.78 is 0. The molecule has 3 heteroatoms. The van der Waals surface area contributed by atoms with Gasteiger partial charge in [-0.2, -0.15) is 0 Å². The van der Waals surface area contributed by atoms with Crippen molar-refractivity contribution in [2.24, 2.45) is 0 Å². The van der Waals surface area contributed by atoms with Gasteiger partial charge in [-0.15, -0.1) is 0 Å². The quantitative estimate of drug-likeness (QED) is 0.200. The predicted molar refractivity (Wildman–Crippen MR) is 184 cm³/mol. The lowest BCUT2D eigenvalue weighted by Crippen LogP contribution is -1.96. The topological polar surface area (TPSA) is 38.7 Å². The van der Waals surface area contributed by atoms with Crippen molar-refractivity contribution in [3.63, 3.8) is 0 Å². The van der Waals surface area contributed by atoms with Gasteiger partial charge in [-0.25, -0.2) is 4.98 Å². The minimum atomic E-state index is 0.876. The van der Waals surface area contributed by atoms with Crippen LogP contribution in [0.5, 0.6) is 0 Å². The van der Waals surface area contributed by atoms with Crippen LogP contribution in [0.15, 0.2) is 140 Å². The van der Waals surface area contributed by atoms with Crippen LogP contribution in [-0.2, 0) is 0 Å². The fourth-order valence-corrected chi connectivity index (χ4v) is 6.37. The van der Waals surface area contributed by atoms with Crippen LogP contribution in [0.4, 0.5) is 0 Å². The Labute approximate surface area is 256 Å². The fraction of sp³-hybridized carbons (Fsp3) is 0.0488. The smallest absolute Gasteiger partial charge is 0.0900 e. The summed E-state index contributed by atoms with van der Waals surface area (Å²) in [7, 11) is 0. The number of benzene rings is 5. The van der Waals surface area contributed by atoms with Crippen LogP contribution < -0.4 is 0 Å². The number of aryl methyl sites for hydroxylation is 2. The second-order valence-corrected chi connectivity index (χ2v) is 11.3. The van der Waals surface area contributed by atoms with E-state index in [-0.39, 0.29) is 0 Å². The van der Waals surface area contributed by atoms with Gasteiger partial charge in [0.15, 0.2) is 0 Å². The molecule has 0 N–H and O–H groups in total. The lowest BCUT2D eigenvalue weighted by Gasteiger charge is -2.19. The minimum Gasteiger partial charge on any atom is -0.261 e. The largest absolute Gasteiger partial charge is 0.261 e. The third-order valence-electron chi connectivity index (χ3n) is 8.48. The molecule has 208 valence electrons. The molecule has 0 aliphatic rings. The van der Waals surface area contributed by atoms with E-state index in [1.807, 2.05) is 32.2 Å². The summed E-state index contributed by atoms with van der Waals surface area (Å²) in [5, 5.41) is 7.05. The lowest BCUT2D eigenvalue weighted by molar-refractivity contribution is 1.18. The standard InChI is InChI=1S/C41H29N3/c1-26-18-19-31(25-42-26)28-20-22-29(23-21-28)39-33-13-5-7-15-35(33)40(36-16-8-6-14-34(36)39)41-32-12-4-3-11-30(32)24-38(44-41)37-17-9-10-27(2)43-37/h3-25H,1-2H3. The summed E-state index contributed by atoms with van der Waals surface area (Å²) in [5.74, 6) is 0. The predicted octanol–water partition coefficient (Wildman–Crippen LogP) is 10.6. The Morgan fingerprint density at radius 1 is 0.409 bits per heavy atom. The van der Waals surface area contributed by atoms with E-state index in [0.29, 0.717) is 0 Å². The normalized spacial score (nSPS) is 11.4. The van der Waals surface area contributed by atoms with Gasteiger partial charge >= 0.3 is 0 Å². The maximum Gasteiger partial charge on any atom is 0.0900 e. The number of hydrogen-bond acceptors (Lipinski definition) is 3. The average molecular weight is 564 g/mol. The van der Waals surface area contributed by atoms with Crippen molar-refractivity contribution in [3.8, 4) is 44.9 Å². The Morgan fingerprint density at radius 3 is 1.64 bits per heavy atom. The van der Waals surface area contributed by atoms with Gasteiger partial charge in [-0.05, 0) is 81.7 Å². The first kappa shape index (κ1) is 26.0. The minimum absolute atomic E-state index is 0.876. The van der Waals surface area contributed by atoms with Gasteiger partial charge in [-0.3, -0.25) is 9.97 Å². The molecular formula is C41H29N3. The Hall–Kier alpha value is -5.67. The second-order valence-electron chi connectivity index (χ2n) is 11.3. The van der Waals surface area contributed by atoms with Gasteiger partial charge in [0, 0.05) is 34.1 Å². The summed E-state index contributed by atoms with van der Waals surface area (Å²) in [6.45, 7) is 4.04. The average Bonchev–Trinajstić information content (AvgIpc) is 3.07. The van der Waals surface area contributed by atoms with E-state index in [1.165, 1.54) is 32.7 Å². The number of rotatable bonds is 4. The maximum atomic E-state index is 5.37. The Bertz CT molecular complexity index is 2280. The zero-order valence-electron chi connectivity index (χ0n) is 24.6. The van der Waals surface area contributed by atoms with Gasteiger partial charge in [0.2, 0.25) is 0 Å². The van der Waals surface area contributed by atoms with Gasteiger partial charge in [0.1, 0.15) is 0 Å². The van der Waals surface area contributed by atoms with Crippen LogP contribution in [0.3, 0.4) is 0 Å². The summed E-state index contributed by atoms with van der Waals surface area (Å²) in [4.78, 5) is 14.7. The molecule has 0 spiro atoms. The van der Waals surface area contributed by atoms with E-state index in [2.05, 4.69) is 126 Å². The molecule has 44 heavy (non-hydrogen) atoms. The fourth-order valence-electron chi connectivity index (χ4n) is 6.37. The first-order chi connectivity index (χ1) is 21.6. The van der Waals surface area contributed by atoms with Crippen LogP contribution >= 0.6 is 0 Å². The highest BCUT2D eigenvalue weighted by atomic mass is 14.8. The Balaban J connectivity index is 1.41. The van der Waals surface area contributed by atoms with E-state index in [1.54, 1.807) is 0 Å². The van der Waals surface area contributed by atoms with Crippen molar-refractivity contribution in [1.82, 2.24) is 15.0 Å². The van der Waals surface area contributed by atoms with Gasteiger partial charge in [0.05, 0.1) is 17.1 Å². The highest BCUT2D eigenvalue weighted by molar-refractivity contribution is 6.23. The maximum absolute atomic E-state index is 5.37. The molecule has 0 amide bonds. The molecule has 5 aromatic carbocycles. The molecule has 0 radical (unpaired) electrons. The van der Waals surface area contributed by atoms with Gasteiger partial charge in [-0.1, -0.05) is 109 Å². The molecule has 0 saturated carbocycles. The zero-order chi connectivity index (χ0) is 29.6. The molecule has 3 aromatic heterocycles. The zero-order valence-corrected chi connectivity index (χ0v) is 24.6. The molecule has 0 aliphatic heterocycles. The third kappa shape index (κ3) is 4.42. The van der Waals surface area contributed by atoms with E-state index in [0.717, 1.165) is 55.9 Å². The lowest BCUT2D eigenvalue weighted by atomic mass is 9.86. The monoisotopic (exact) mass is 563 g/mol. The van der Waals surface area contributed by atoms with Crippen molar-refractivity contribution in [2.75, 3.05) is 0 Å². The Kier molecular flexibility index (Phi) is 6.23. The van der Waals surface area contributed by atoms with E-state index in [4.69, 9.17) is 9.97 Å². The van der Waals surface area contributed by atoms with E-state index < -0.39 is 0 Å². The van der Waals surface area contributed by atoms with Crippen molar-refractivity contribution >= 4 is 32.3 Å². The number of aromatic nitrogens is 3. The number of pyridine rings is 3. The second kappa shape index (κ2) is 10.6. The highest BCUT2D eigenvalue weighted by Crippen LogP contribution is 2.45. The molecule has 0 aliphatic carbocycles. The third-order valence-corrected chi connectivity index (χ3v) is 8.48. The van der Waals surface area contributed by atoms with E-state index in [9.17, 15) is 0 Å². The molecule has 8 aromatic rings. The summed E-state index contributed by atoms with van der Waals surface area (Å²) in [5.41, 5.74) is 10.6. The van der Waals surface area contributed by atoms with Gasteiger partial charge in [0.25, 0.3) is 0 Å². The van der Waals surface area contributed by atoms with Crippen LogP contribution in [-0.4, -0.2) is 15.0 Å². The van der Waals surface area contributed by atoms with Crippen LogP contribution in [0.1, 0.15) is 11.4 Å². The number of hydrogen-bond donors (Lipinski definition) is 0. The SMILES string of the molecule is Cc1ccc(-c2ccc(-c3c4ccccc4c(-c4nc(-c5cccc(C)n5)cc5ccccc45)c4ccccc34)cc2)cn1. The molecule has 8 rings (SSSR count). The molecule has 0 saturated heterocycles. The van der Waals surface area contributed by atoms with E-state index >= 15 is 0 Å². The molecule has 0 unspecified atom stereocenters. The molecular weight excluding hydrogens is 534 g/mol.